The summed E-state index contributed by atoms with van der Waals surface area (Å²) < 4.78 is 6.76. The molecule has 0 spiro atoms. The summed E-state index contributed by atoms with van der Waals surface area (Å²) in [5.41, 5.74) is 16.6. The van der Waals surface area contributed by atoms with Crippen molar-refractivity contribution in [2.24, 2.45) is 0 Å². The Labute approximate surface area is 349 Å². The molecule has 282 valence electrons. The monoisotopic (exact) mass is 765 g/mol. The van der Waals surface area contributed by atoms with Gasteiger partial charge in [0.2, 0.25) is 0 Å². The van der Waals surface area contributed by atoms with E-state index >= 15 is 0 Å². The van der Waals surface area contributed by atoms with Crippen LogP contribution in [0.25, 0.3) is 88.3 Å². The third-order valence-corrected chi connectivity index (χ3v) is 11.7. The molecule has 0 amide bonds. The number of rotatable bonds is 8. The molecule has 2 heteroatoms. The van der Waals surface area contributed by atoms with E-state index in [-0.39, 0.29) is 0 Å². The van der Waals surface area contributed by atoms with Crippen LogP contribution >= 0.6 is 0 Å². The predicted octanol–water partition coefficient (Wildman–Crippen LogP) is 16.5. The fourth-order valence-corrected chi connectivity index (χ4v) is 8.79. The maximum Gasteiger partial charge on any atom is 0.145 e. The van der Waals surface area contributed by atoms with Gasteiger partial charge < -0.3 is 9.32 Å². The molecule has 1 heterocycles. The third kappa shape index (κ3) is 6.32. The van der Waals surface area contributed by atoms with Gasteiger partial charge in [-0.3, -0.25) is 0 Å². The molecule has 2 nitrogen and oxygen atoms in total. The first-order valence-electron chi connectivity index (χ1n) is 20.5. The third-order valence-electron chi connectivity index (χ3n) is 11.7. The van der Waals surface area contributed by atoms with E-state index in [9.17, 15) is 0 Å². The van der Waals surface area contributed by atoms with Gasteiger partial charge in [0.25, 0.3) is 0 Å². The number of nitrogens with zero attached hydrogens (tertiary/aromatic N) is 1. The normalized spacial score (nSPS) is 11.3. The molecular weight excluding hydrogens is 727 g/mol. The molecule has 10 aromatic carbocycles. The molecule has 0 fully saturated rings. The van der Waals surface area contributed by atoms with Gasteiger partial charge >= 0.3 is 0 Å². The van der Waals surface area contributed by atoms with Gasteiger partial charge in [0.15, 0.2) is 0 Å². The number of benzene rings is 10. The number of anilines is 3. The second-order valence-electron chi connectivity index (χ2n) is 15.2. The molecule has 0 bridgehead atoms. The molecule has 0 unspecified atom stereocenters. The number of para-hydroxylation sites is 1. The van der Waals surface area contributed by atoms with Gasteiger partial charge in [0.05, 0.1) is 11.1 Å². The number of hydrogen-bond donors (Lipinski definition) is 0. The number of furan rings is 1. The first-order valence-corrected chi connectivity index (χ1v) is 20.5. The Kier molecular flexibility index (Phi) is 8.87. The zero-order chi connectivity index (χ0) is 39.8. The minimum absolute atomic E-state index is 0.867. The summed E-state index contributed by atoms with van der Waals surface area (Å²) in [5, 5.41) is 4.64. The van der Waals surface area contributed by atoms with Crippen molar-refractivity contribution >= 4 is 49.8 Å². The van der Waals surface area contributed by atoms with E-state index in [1.54, 1.807) is 0 Å². The van der Waals surface area contributed by atoms with Crippen molar-refractivity contribution in [3.63, 3.8) is 0 Å². The van der Waals surface area contributed by atoms with Crippen molar-refractivity contribution in [2.45, 2.75) is 0 Å². The summed E-state index contributed by atoms with van der Waals surface area (Å²) in [6.45, 7) is 0. The Morgan fingerprint density at radius 3 is 1.43 bits per heavy atom. The van der Waals surface area contributed by atoms with Crippen molar-refractivity contribution < 1.29 is 4.42 Å². The molecule has 0 radical (unpaired) electrons. The molecule has 11 rings (SSSR count). The molecule has 1 aromatic heterocycles. The van der Waals surface area contributed by atoms with E-state index < -0.39 is 0 Å². The van der Waals surface area contributed by atoms with E-state index in [0.29, 0.717) is 0 Å². The van der Waals surface area contributed by atoms with E-state index in [1.165, 1.54) is 49.7 Å². The van der Waals surface area contributed by atoms with Crippen molar-refractivity contribution in [3.8, 4) is 55.6 Å². The van der Waals surface area contributed by atoms with Crippen LogP contribution in [0.4, 0.5) is 17.1 Å². The van der Waals surface area contributed by atoms with Gasteiger partial charge in [0.1, 0.15) is 11.2 Å². The van der Waals surface area contributed by atoms with Gasteiger partial charge in [-0.1, -0.05) is 188 Å². The fraction of sp³-hybridized carbons (Fsp3) is 0. The van der Waals surface area contributed by atoms with Crippen molar-refractivity contribution in [3.05, 3.63) is 237 Å². The standard InChI is InChI=1S/C58H39NO/c1-3-16-42(17-4-1)49-21-9-11-23-52(49)53-24-12-10-22-50(53)44-31-35-48(36-32-44)59(47-33-29-41(30-34-47)46-28-27-40-15-7-8-20-45(40)39-46)55-38-37-51(43-18-5-2-6-19-43)58-57(55)54-25-13-14-26-56(54)60-58/h1-39H. The number of hydrogen-bond acceptors (Lipinski definition) is 2. The Balaban J connectivity index is 1.07. The highest BCUT2D eigenvalue weighted by atomic mass is 16.3. The zero-order valence-electron chi connectivity index (χ0n) is 32.9. The van der Waals surface area contributed by atoms with Gasteiger partial charge in [0, 0.05) is 22.3 Å². The summed E-state index contributed by atoms with van der Waals surface area (Å²) >= 11 is 0. The van der Waals surface area contributed by atoms with Crippen LogP contribution in [0.1, 0.15) is 0 Å². The van der Waals surface area contributed by atoms with Gasteiger partial charge in [-0.05, 0) is 109 Å². The minimum atomic E-state index is 0.867. The molecule has 0 saturated heterocycles. The Hall–Kier alpha value is -7.94. The first kappa shape index (κ1) is 35.2. The lowest BCUT2D eigenvalue weighted by molar-refractivity contribution is 0.670. The lowest BCUT2D eigenvalue weighted by Crippen LogP contribution is -2.10. The summed E-state index contributed by atoms with van der Waals surface area (Å²) in [4.78, 5) is 2.38. The number of fused-ring (bicyclic) bond motifs is 4. The highest BCUT2D eigenvalue weighted by Gasteiger charge is 2.23. The molecule has 0 N–H and O–H groups in total. The Bertz CT molecular complexity index is 3290. The smallest absolute Gasteiger partial charge is 0.145 e. The summed E-state index contributed by atoms with van der Waals surface area (Å²) in [7, 11) is 0. The molecule has 11 aromatic rings. The van der Waals surface area contributed by atoms with Gasteiger partial charge in [-0.2, -0.15) is 0 Å². The van der Waals surface area contributed by atoms with Gasteiger partial charge in [-0.25, -0.2) is 0 Å². The molecule has 0 atom stereocenters. The average molecular weight is 766 g/mol. The molecular formula is C58H39NO. The van der Waals surface area contributed by atoms with Crippen LogP contribution in [0.3, 0.4) is 0 Å². The summed E-state index contributed by atoms with van der Waals surface area (Å²) in [6.07, 6.45) is 0. The van der Waals surface area contributed by atoms with Crippen LogP contribution in [0.15, 0.2) is 241 Å². The second-order valence-corrected chi connectivity index (χ2v) is 15.2. The van der Waals surface area contributed by atoms with E-state index in [0.717, 1.165) is 55.7 Å². The fourth-order valence-electron chi connectivity index (χ4n) is 8.79. The predicted molar refractivity (Wildman–Crippen MR) is 253 cm³/mol. The molecule has 0 saturated carbocycles. The lowest BCUT2D eigenvalue weighted by Gasteiger charge is -2.27. The maximum absolute atomic E-state index is 6.76. The average Bonchev–Trinajstić information content (AvgIpc) is 3.73. The molecule has 0 aliphatic rings. The van der Waals surface area contributed by atoms with Crippen LogP contribution in [0, 0.1) is 0 Å². The van der Waals surface area contributed by atoms with Crippen LogP contribution in [0.5, 0.6) is 0 Å². The topological polar surface area (TPSA) is 16.4 Å². The highest BCUT2D eigenvalue weighted by molar-refractivity contribution is 6.17. The Morgan fingerprint density at radius 2 is 0.783 bits per heavy atom. The van der Waals surface area contributed by atoms with Crippen LogP contribution < -0.4 is 4.90 Å². The quantitative estimate of drug-likeness (QED) is 0.153. The van der Waals surface area contributed by atoms with E-state index in [1.807, 2.05) is 6.07 Å². The maximum atomic E-state index is 6.76. The Morgan fingerprint density at radius 1 is 0.300 bits per heavy atom. The molecule has 60 heavy (non-hydrogen) atoms. The summed E-state index contributed by atoms with van der Waals surface area (Å²) in [5.74, 6) is 0. The minimum Gasteiger partial charge on any atom is -0.455 e. The molecule has 0 aliphatic carbocycles. The van der Waals surface area contributed by atoms with Gasteiger partial charge in [-0.15, -0.1) is 0 Å². The molecule has 0 aliphatic heterocycles. The lowest BCUT2D eigenvalue weighted by atomic mass is 9.89. The van der Waals surface area contributed by atoms with Crippen LogP contribution in [-0.2, 0) is 0 Å². The van der Waals surface area contributed by atoms with Crippen LogP contribution in [0.2, 0.25) is 0 Å². The van der Waals surface area contributed by atoms with Crippen molar-refractivity contribution in [1.82, 2.24) is 0 Å². The zero-order valence-corrected chi connectivity index (χ0v) is 32.9. The van der Waals surface area contributed by atoms with E-state index in [2.05, 4.69) is 235 Å². The highest BCUT2D eigenvalue weighted by Crippen LogP contribution is 2.47. The SMILES string of the molecule is c1ccc(-c2ccccc2-c2ccccc2-c2ccc(N(c3ccc(-c4ccc5ccccc5c4)cc3)c3ccc(-c4ccccc4)c4oc5ccccc5c34)cc2)cc1. The first-order chi connectivity index (χ1) is 29.8. The van der Waals surface area contributed by atoms with E-state index in [4.69, 9.17) is 4.42 Å². The van der Waals surface area contributed by atoms with Crippen molar-refractivity contribution in [2.75, 3.05) is 4.90 Å². The van der Waals surface area contributed by atoms with Crippen molar-refractivity contribution in [1.29, 1.82) is 0 Å². The largest absolute Gasteiger partial charge is 0.455 e. The second kappa shape index (κ2) is 15.1. The summed E-state index contributed by atoms with van der Waals surface area (Å²) in [6, 6.07) is 84.7. The van der Waals surface area contributed by atoms with Crippen LogP contribution in [-0.4, -0.2) is 0 Å².